The van der Waals surface area contributed by atoms with E-state index < -0.39 is 0 Å². The summed E-state index contributed by atoms with van der Waals surface area (Å²) in [5.41, 5.74) is 1.06. The van der Waals surface area contributed by atoms with Gasteiger partial charge in [0.15, 0.2) is 10.8 Å². The predicted molar refractivity (Wildman–Crippen MR) is 79.4 cm³/mol. The van der Waals surface area contributed by atoms with E-state index in [4.69, 9.17) is 0 Å². The highest BCUT2D eigenvalue weighted by atomic mass is 127. The van der Waals surface area contributed by atoms with Crippen molar-refractivity contribution in [3.8, 4) is 10.8 Å². The van der Waals surface area contributed by atoms with Crippen LogP contribution in [0.4, 0.5) is 5.82 Å². The zero-order valence-electron chi connectivity index (χ0n) is 9.70. The molecule has 0 fully saturated rings. The first-order valence-corrected chi connectivity index (χ1v) is 7.30. The standard InChI is InChI=1S/C11H13IN4S/c1-3-4-7-5-9(13-2)16-10(15-7)11-14-6-8(12)17-11/h5-6H,3-4H2,1-2H3,(H,13,15,16). The van der Waals surface area contributed by atoms with Gasteiger partial charge in [-0.2, -0.15) is 0 Å². The predicted octanol–water partition coefficient (Wildman–Crippen LogP) is 3.20. The summed E-state index contributed by atoms with van der Waals surface area (Å²) in [6, 6.07) is 1.99. The number of rotatable bonds is 4. The average molecular weight is 360 g/mol. The molecule has 0 spiro atoms. The Kier molecular flexibility index (Phi) is 4.27. The zero-order valence-corrected chi connectivity index (χ0v) is 12.7. The van der Waals surface area contributed by atoms with E-state index in [1.807, 2.05) is 19.3 Å². The van der Waals surface area contributed by atoms with E-state index in [1.54, 1.807) is 11.3 Å². The van der Waals surface area contributed by atoms with Crippen molar-refractivity contribution in [1.82, 2.24) is 15.0 Å². The lowest BCUT2D eigenvalue weighted by atomic mass is 10.2. The lowest BCUT2D eigenvalue weighted by Gasteiger charge is -2.05. The van der Waals surface area contributed by atoms with E-state index in [1.165, 1.54) is 0 Å². The molecule has 2 aromatic heterocycles. The summed E-state index contributed by atoms with van der Waals surface area (Å²) < 4.78 is 1.15. The Morgan fingerprint density at radius 2 is 2.24 bits per heavy atom. The van der Waals surface area contributed by atoms with Crippen LogP contribution in [0.25, 0.3) is 10.8 Å². The van der Waals surface area contributed by atoms with Crippen LogP contribution in [-0.2, 0) is 6.42 Å². The lowest BCUT2D eigenvalue weighted by Crippen LogP contribution is -2.00. The smallest absolute Gasteiger partial charge is 0.190 e. The normalized spacial score (nSPS) is 10.5. The molecule has 0 aromatic carbocycles. The third-order valence-electron chi connectivity index (χ3n) is 2.21. The molecule has 0 amide bonds. The summed E-state index contributed by atoms with van der Waals surface area (Å²) in [7, 11) is 1.87. The maximum Gasteiger partial charge on any atom is 0.190 e. The fraction of sp³-hybridized carbons (Fsp3) is 0.364. The molecule has 0 bridgehead atoms. The second-order valence-electron chi connectivity index (χ2n) is 3.54. The van der Waals surface area contributed by atoms with E-state index in [0.717, 1.165) is 32.2 Å². The molecule has 0 saturated heterocycles. The molecule has 17 heavy (non-hydrogen) atoms. The number of nitrogens with zero attached hydrogens (tertiary/aromatic N) is 3. The Morgan fingerprint density at radius 3 is 2.82 bits per heavy atom. The van der Waals surface area contributed by atoms with Gasteiger partial charge >= 0.3 is 0 Å². The summed E-state index contributed by atoms with van der Waals surface area (Å²) >= 11 is 3.87. The van der Waals surface area contributed by atoms with Crippen LogP contribution in [0.5, 0.6) is 0 Å². The summed E-state index contributed by atoms with van der Waals surface area (Å²) in [6.07, 6.45) is 3.89. The minimum atomic E-state index is 0.716. The highest BCUT2D eigenvalue weighted by Crippen LogP contribution is 2.24. The van der Waals surface area contributed by atoms with Gasteiger partial charge in [0.2, 0.25) is 0 Å². The summed E-state index contributed by atoms with van der Waals surface area (Å²) in [6.45, 7) is 2.15. The van der Waals surface area contributed by atoms with E-state index in [0.29, 0.717) is 5.82 Å². The molecule has 0 saturated carbocycles. The van der Waals surface area contributed by atoms with Gasteiger partial charge < -0.3 is 5.32 Å². The Hall–Kier alpha value is -0.760. The van der Waals surface area contributed by atoms with Gasteiger partial charge in [-0.1, -0.05) is 13.3 Å². The molecule has 90 valence electrons. The topological polar surface area (TPSA) is 50.7 Å². The minimum absolute atomic E-state index is 0.716. The van der Waals surface area contributed by atoms with Gasteiger partial charge in [0.05, 0.1) is 9.08 Å². The van der Waals surface area contributed by atoms with Crippen LogP contribution >= 0.6 is 33.9 Å². The molecule has 0 atom stereocenters. The first-order chi connectivity index (χ1) is 8.22. The van der Waals surface area contributed by atoms with Crippen molar-refractivity contribution >= 4 is 39.7 Å². The van der Waals surface area contributed by atoms with Gasteiger partial charge in [-0.3, -0.25) is 0 Å². The van der Waals surface area contributed by atoms with Gasteiger partial charge in [-0.15, -0.1) is 11.3 Å². The van der Waals surface area contributed by atoms with Crippen LogP contribution in [0.15, 0.2) is 12.3 Å². The molecule has 0 unspecified atom stereocenters. The molecule has 2 aromatic rings. The number of aryl methyl sites for hydroxylation is 1. The van der Waals surface area contributed by atoms with Crippen molar-refractivity contribution in [3.63, 3.8) is 0 Å². The summed E-state index contributed by atoms with van der Waals surface area (Å²) in [4.78, 5) is 13.3. The fourth-order valence-corrected chi connectivity index (χ4v) is 2.81. The van der Waals surface area contributed by atoms with Gasteiger partial charge in [-0.05, 0) is 29.0 Å². The van der Waals surface area contributed by atoms with E-state index >= 15 is 0 Å². The number of hydrogen-bond donors (Lipinski definition) is 1. The molecule has 2 rings (SSSR count). The van der Waals surface area contributed by atoms with Crippen molar-refractivity contribution < 1.29 is 0 Å². The Morgan fingerprint density at radius 1 is 1.41 bits per heavy atom. The van der Waals surface area contributed by atoms with Crippen molar-refractivity contribution in [1.29, 1.82) is 0 Å². The molecular weight excluding hydrogens is 347 g/mol. The molecular formula is C11H13IN4S. The fourth-order valence-electron chi connectivity index (χ4n) is 1.46. The largest absolute Gasteiger partial charge is 0.373 e. The summed E-state index contributed by atoms with van der Waals surface area (Å²) in [5.74, 6) is 1.57. The molecule has 1 N–H and O–H groups in total. The van der Waals surface area contributed by atoms with E-state index in [9.17, 15) is 0 Å². The first kappa shape index (κ1) is 12.7. The van der Waals surface area contributed by atoms with Crippen molar-refractivity contribution in [2.45, 2.75) is 19.8 Å². The second kappa shape index (κ2) is 5.72. The van der Waals surface area contributed by atoms with Crippen molar-refractivity contribution in [3.05, 3.63) is 20.8 Å². The van der Waals surface area contributed by atoms with Crippen LogP contribution < -0.4 is 5.32 Å². The molecule has 0 aliphatic heterocycles. The van der Waals surface area contributed by atoms with E-state index in [2.05, 4.69) is 49.8 Å². The second-order valence-corrected chi connectivity index (χ2v) is 6.46. The lowest BCUT2D eigenvalue weighted by molar-refractivity contribution is 0.875. The Bertz CT molecular complexity index is 512. The minimum Gasteiger partial charge on any atom is -0.373 e. The number of anilines is 1. The zero-order chi connectivity index (χ0) is 12.3. The first-order valence-electron chi connectivity index (χ1n) is 5.40. The quantitative estimate of drug-likeness (QED) is 0.851. The van der Waals surface area contributed by atoms with Gasteiger partial charge in [0.1, 0.15) is 5.82 Å². The third kappa shape index (κ3) is 3.12. The van der Waals surface area contributed by atoms with Crippen LogP contribution in [0.2, 0.25) is 0 Å². The average Bonchev–Trinajstić information content (AvgIpc) is 2.76. The van der Waals surface area contributed by atoms with Crippen molar-refractivity contribution in [2.24, 2.45) is 0 Å². The monoisotopic (exact) mass is 360 g/mol. The molecule has 6 heteroatoms. The van der Waals surface area contributed by atoms with Crippen molar-refractivity contribution in [2.75, 3.05) is 12.4 Å². The van der Waals surface area contributed by atoms with Gasteiger partial charge in [0, 0.05) is 18.8 Å². The number of hydrogen-bond acceptors (Lipinski definition) is 5. The Labute approximate surface area is 118 Å². The SMILES string of the molecule is CCCc1cc(NC)nc(-c2ncc(I)s2)n1. The highest BCUT2D eigenvalue weighted by Gasteiger charge is 2.09. The molecule has 0 aliphatic rings. The number of nitrogens with one attached hydrogen (secondary N) is 1. The van der Waals surface area contributed by atoms with Crippen LogP contribution in [0.1, 0.15) is 19.0 Å². The van der Waals surface area contributed by atoms with Gasteiger partial charge in [0.25, 0.3) is 0 Å². The summed E-state index contributed by atoms with van der Waals surface area (Å²) in [5, 5.41) is 3.95. The van der Waals surface area contributed by atoms with E-state index in [-0.39, 0.29) is 0 Å². The van der Waals surface area contributed by atoms with Crippen LogP contribution in [0, 0.1) is 2.88 Å². The third-order valence-corrected chi connectivity index (χ3v) is 3.93. The molecule has 2 heterocycles. The van der Waals surface area contributed by atoms with Gasteiger partial charge in [-0.25, -0.2) is 15.0 Å². The number of thiazole rings is 1. The molecule has 0 aliphatic carbocycles. The number of aromatic nitrogens is 3. The Balaban J connectivity index is 2.42. The van der Waals surface area contributed by atoms with Crippen LogP contribution in [0.3, 0.4) is 0 Å². The maximum absolute atomic E-state index is 4.55. The molecule has 0 radical (unpaired) electrons. The number of halogens is 1. The maximum atomic E-state index is 4.55. The highest BCUT2D eigenvalue weighted by molar-refractivity contribution is 14.1. The molecule has 4 nitrogen and oxygen atoms in total. The van der Waals surface area contributed by atoms with Crippen LogP contribution in [-0.4, -0.2) is 22.0 Å².